The fraction of sp³-hybridized carbons (Fsp3) is 0.609. The highest BCUT2D eigenvalue weighted by atomic mass is 16.6. The van der Waals surface area contributed by atoms with E-state index in [1.165, 1.54) is 12.3 Å². The molecule has 0 bridgehead atoms. The number of hydrogen-bond acceptors (Lipinski definition) is 16. The highest BCUT2D eigenvalue weighted by Gasteiger charge is 2.56. The first kappa shape index (κ1) is 32.8. The summed E-state index contributed by atoms with van der Waals surface area (Å²) in [7, 11) is 0. The molecule has 21 nitrogen and oxygen atoms in total. The molecule has 10 atom stereocenters. The van der Waals surface area contributed by atoms with Crippen LogP contribution in [0.25, 0.3) is 0 Å². The van der Waals surface area contributed by atoms with E-state index in [4.69, 9.17) is 15.2 Å². The summed E-state index contributed by atoms with van der Waals surface area (Å²) in [6.07, 6.45) is -12.3. The van der Waals surface area contributed by atoms with Crippen LogP contribution in [0, 0.1) is 0 Å². The molecule has 2 amide bonds. The van der Waals surface area contributed by atoms with E-state index in [2.05, 4.69) is 25.9 Å². The van der Waals surface area contributed by atoms with E-state index in [1.54, 1.807) is 0 Å². The van der Waals surface area contributed by atoms with Gasteiger partial charge in [-0.25, -0.2) is 14.3 Å². The number of amides is 2. The van der Waals surface area contributed by atoms with Crippen LogP contribution in [-0.2, 0) is 36.1 Å². The summed E-state index contributed by atoms with van der Waals surface area (Å²) in [4.78, 5) is 52.6. The number of anilines is 1. The summed E-state index contributed by atoms with van der Waals surface area (Å²) in [5, 5.41) is 83.7. The lowest BCUT2D eigenvalue weighted by Crippen LogP contribution is -2.67. The van der Waals surface area contributed by atoms with Gasteiger partial charge in [0.2, 0.25) is 5.91 Å². The molecule has 0 unspecified atom stereocenters. The topological polar surface area (TPSA) is 327 Å². The fourth-order valence-electron chi connectivity index (χ4n) is 4.94. The second-order valence-electron chi connectivity index (χ2n) is 10.3. The van der Waals surface area contributed by atoms with E-state index in [0.29, 0.717) is 4.68 Å². The van der Waals surface area contributed by atoms with Crippen molar-refractivity contribution in [3.63, 3.8) is 0 Å². The molecule has 2 saturated heterocycles. The number of nitrogens with zero attached hydrogens (tertiary/aromatic N) is 5. The van der Waals surface area contributed by atoms with Crippen LogP contribution in [0.4, 0.5) is 5.82 Å². The first-order chi connectivity index (χ1) is 20.7. The van der Waals surface area contributed by atoms with Gasteiger partial charge in [-0.05, 0) is 6.07 Å². The second kappa shape index (κ2) is 12.9. The zero-order chi connectivity index (χ0) is 32.5. The molecule has 11 N–H and O–H groups in total. The summed E-state index contributed by atoms with van der Waals surface area (Å²) in [5.74, 6) is -3.41. The average Bonchev–Trinajstić information content (AvgIpc) is 3.56. The Morgan fingerprint density at radius 1 is 1.23 bits per heavy atom. The largest absolute Gasteiger partial charge is 0.478 e. The van der Waals surface area contributed by atoms with Crippen molar-refractivity contribution in [3.8, 4) is 0 Å². The molecule has 4 heterocycles. The number of carboxylic acids is 1. The fourth-order valence-corrected chi connectivity index (χ4v) is 4.94. The number of rotatable bonds is 10. The molecule has 2 aromatic heterocycles. The Kier molecular flexibility index (Phi) is 9.60. The van der Waals surface area contributed by atoms with Crippen LogP contribution in [0.1, 0.15) is 25.3 Å². The molecular formula is C23H32N8O13. The maximum atomic E-state index is 12.8. The van der Waals surface area contributed by atoms with E-state index in [0.717, 1.165) is 17.7 Å². The molecule has 242 valence electrons. The summed E-state index contributed by atoms with van der Waals surface area (Å²) < 4.78 is 12.6. The number of nitrogens with two attached hydrogens (primary N) is 1. The lowest BCUT2D eigenvalue weighted by Gasteiger charge is -2.46. The van der Waals surface area contributed by atoms with Crippen molar-refractivity contribution >= 4 is 23.6 Å². The summed E-state index contributed by atoms with van der Waals surface area (Å²) in [6.45, 7) is -0.277. The number of aliphatic carboxylic acids is 1. The predicted molar refractivity (Wildman–Crippen MR) is 139 cm³/mol. The van der Waals surface area contributed by atoms with Crippen molar-refractivity contribution in [1.29, 1.82) is 0 Å². The van der Waals surface area contributed by atoms with Crippen molar-refractivity contribution in [3.05, 3.63) is 34.6 Å². The van der Waals surface area contributed by atoms with Gasteiger partial charge in [0.05, 0.1) is 31.5 Å². The number of aliphatic hydroxyl groups is 6. The SMILES string of the molecule is CC(=O)N[C@H]1[C@H]([C@H](O)[C@H](O)CO)O[C@](C(=O)O)(n2cc(CNC(=O)[C@H]3O[C@@H](n4ccc(N)nc4=O)[C@H](O)[C@@H]3O)nn2)C[C@@H]1O. The molecule has 2 fully saturated rings. The Morgan fingerprint density at radius 3 is 2.55 bits per heavy atom. The molecule has 0 spiro atoms. The first-order valence-electron chi connectivity index (χ1n) is 13.1. The number of carboxylic acid groups (broad SMARTS) is 1. The first-order valence-corrected chi connectivity index (χ1v) is 13.1. The third-order valence-corrected chi connectivity index (χ3v) is 7.18. The smallest absolute Gasteiger partial charge is 0.359 e. The second-order valence-corrected chi connectivity index (χ2v) is 10.3. The van der Waals surface area contributed by atoms with Gasteiger partial charge in [-0.1, -0.05) is 5.21 Å². The predicted octanol–water partition coefficient (Wildman–Crippen LogP) is -6.54. The van der Waals surface area contributed by atoms with Crippen molar-refractivity contribution in [2.75, 3.05) is 12.3 Å². The Hall–Kier alpha value is -4.09. The van der Waals surface area contributed by atoms with E-state index in [1.807, 2.05) is 0 Å². The van der Waals surface area contributed by atoms with Crippen LogP contribution < -0.4 is 22.1 Å². The lowest BCUT2D eigenvalue weighted by molar-refractivity contribution is -0.258. The Morgan fingerprint density at radius 2 is 1.93 bits per heavy atom. The zero-order valence-corrected chi connectivity index (χ0v) is 22.9. The van der Waals surface area contributed by atoms with Crippen LogP contribution in [0.5, 0.6) is 0 Å². The molecule has 4 rings (SSSR count). The minimum atomic E-state index is -2.53. The standard InChI is InChI=1S/C23H32N8O13/c1-8(33)26-13-10(34)4-23(21(40)41,44-17(13)14(36)11(35)7-32)31-6-9(28-29-31)5-25-19(39)18-15(37)16(38)20(43-18)30-3-2-12(24)27-22(30)42/h2-3,6,10-11,13-18,20,32,34-38H,4-5,7H2,1H3,(H,25,39)(H,26,33)(H,40,41)(H2,24,27,42)/t10-,11+,13+,14+,15-,16+,17+,18-,20+,23+/m0/s1. The van der Waals surface area contributed by atoms with Crippen molar-refractivity contribution < 1.29 is 59.6 Å². The molecule has 0 aliphatic carbocycles. The van der Waals surface area contributed by atoms with E-state index >= 15 is 0 Å². The van der Waals surface area contributed by atoms with Crippen molar-refractivity contribution in [1.82, 2.24) is 35.2 Å². The lowest BCUT2D eigenvalue weighted by atomic mass is 9.87. The van der Waals surface area contributed by atoms with Gasteiger partial charge in [0.1, 0.15) is 42.0 Å². The van der Waals surface area contributed by atoms with Crippen LogP contribution in [0.15, 0.2) is 23.3 Å². The van der Waals surface area contributed by atoms with Gasteiger partial charge in [0.25, 0.3) is 11.6 Å². The number of hydrogen-bond donors (Lipinski definition) is 10. The number of ether oxygens (including phenoxy) is 2. The number of carbonyl (C=O) groups excluding carboxylic acids is 2. The highest BCUT2D eigenvalue weighted by molar-refractivity contribution is 5.82. The average molecular weight is 629 g/mol. The minimum absolute atomic E-state index is 0.0583. The molecule has 2 aliphatic rings. The van der Waals surface area contributed by atoms with Crippen LogP contribution in [0.2, 0.25) is 0 Å². The Balaban J connectivity index is 1.50. The molecule has 2 aliphatic heterocycles. The number of aliphatic hydroxyl groups excluding tert-OH is 6. The maximum absolute atomic E-state index is 12.8. The monoisotopic (exact) mass is 628 g/mol. The zero-order valence-electron chi connectivity index (χ0n) is 22.9. The van der Waals surface area contributed by atoms with Crippen LogP contribution in [0.3, 0.4) is 0 Å². The number of nitrogens with one attached hydrogen (secondary N) is 2. The number of carbonyl (C=O) groups is 3. The van der Waals surface area contributed by atoms with E-state index < -0.39 is 104 Å². The Labute approximate surface area is 246 Å². The highest BCUT2D eigenvalue weighted by Crippen LogP contribution is 2.36. The quantitative estimate of drug-likeness (QED) is 0.117. The van der Waals surface area contributed by atoms with Gasteiger partial charge in [-0.3, -0.25) is 14.2 Å². The summed E-state index contributed by atoms with van der Waals surface area (Å²) in [5.41, 5.74) is 1.96. The molecular weight excluding hydrogens is 596 g/mol. The number of nitrogen functional groups attached to an aromatic ring is 1. The van der Waals surface area contributed by atoms with Gasteiger partial charge < -0.3 is 61.6 Å². The third-order valence-electron chi connectivity index (χ3n) is 7.18. The number of aromatic nitrogens is 5. The van der Waals surface area contributed by atoms with Gasteiger partial charge in [-0.15, -0.1) is 5.10 Å². The molecule has 21 heteroatoms. The summed E-state index contributed by atoms with van der Waals surface area (Å²) >= 11 is 0. The third kappa shape index (κ3) is 6.25. The molecule has 0 radical (unpaired) electrons. The van der Waals surface area contributed by atoms with Gasteiger partial charge in [-0.2, -0.15) is 4.98 Å². The Bertz CT molecular complexity index is 1440. The van der Waals surface area contributed by atoms with E-state index in [-0.39, 0.29) is 11.5 Å². The summed E-state index contributed by atoms with van der Waals surface area (Å²) in [6, 6.07) is -0.146. The van der Waals surface area contributed by atoms with E-state index in [9.17, 15) is 54.9 Å². The van der Waals surface area contributed by atoms with Crippen LogP contribution >= 0.6 is 0 Å². The molecule has 2 aromatic rings. The van der Waals surface area contributed by atoms with Crippen molar-refractivity contribution in [2.24, 2.45) is 0 Å². The minimum Gasteiger partial charge on any atom is -0.478 e. The van der Waals surface area contributed by atoms with Gasteiger partial charge >= 0.3 is 11.7 Å². The maximum Gasteiger partial charge on any atom is 0.359 e. The molecule has 44 heavy (non-hydrogen) atoms. The molecule has 0 aromatic carbocycles. The normalized spacial score (nSPS) is 31.7. The van der Waals surface area contributed by atoms with Crippen LogP contribution in [-0.4, -0.2) is 133 Å². The van der Waals surface area contributed by atoms with Gasteiger partial charge in [0.15, 0.2) is 12.3 Å². The molecule has 0 saturated carbocycles. The van der Waals surface area contributed by atoms with Crippen molar-refractivity contribution in [2.45, 2.75) is 80.6 Å². The van der Waals surface area contributed by atoms with Gasteiger partial charge in [0, 0.05) is 19.5 Å².